The van der Waals surface area contributed by atoms with E-state index < -0.39 is 0 Å². The van der Waals surface area contributed by atoms with Crippen LogP contribution in [0.15, 0.2) is 143 Å². The zero-order chi connectivity index (χ0) is 34.7. The summed E-state index contributed by atoms with van der Waals surface area (Å²) in [6, 6.07) is 43.1. The van der Waals surface area contributed by atoms with Gasteiger partial charge in [-0.15, -0.1) is 0 Å². The third-order valence-corrected chi connectivity index (χ3v) is 8.49. The van der Waals surface area contributed by atoms with Crippen molar-refractivity contribution in [2.75, 3.05) is 0 Å². The number of hydrogen-bond acceptors (Lipinski definition) is 6. The van der Waals surface area contributed by atoms with E-state index in [2.05, 4.69) is 38.1 Å². The highest BCUT2D eigenvalue weighted by Crippen LogP contribution is 2.35. The lowest BCUT2D eigenvalue weighted by molar-refractivity contribution is 0.289. The Bertz CT molecular complexity index is 1950. The Morgan fingerprint density at radius 1 is 0.480 bits per heavy atom. The largest absolute Gasteiger partial charge is 0.504 e. The first-order valence-corrected chi connectivity index (χ1v) is 16.6. The van der Waals surface area contributed by atoms with Gasteiger partial charge in [-0.3, -0.25) is 9.98 Å². The van der Waals surface area contributed by atoms with Gasteiger partial charge in [-0.25, -0.2) is 0 Å². The van der Waals surface area contributed by atoms with Gasteiger partial charge in [-0.2, -0.15) is 0 Å². The first kappa shape index (κ1) is 33.7. The van der Waals surface area contributed by atoms with Gasteiger partial charge in [0.25, 0.3) is 0 Å². The van der Waals surface area contributed by atoms with Gasteiger partial charge in [-0.1, -0.05) is 109 Å². The zero-order valence-electron chi connectivity index (χ0n) is 28.3. The lowest BCUT2D eigenvalue weighted by Crippen LogP contribution is -1.99. The Hall–Kier alpha value is -6.14. The second-order valence-electron chi connectivity index (χ2n) is 12.1. The number of aromatic hydroxyl groups is 2. The van der Waals surface area contributed by atoms with E-state index in [4.69, 9.17) is 19.5 Å². The van der Waals surface area contributed by atoms with Crippen LogP contribution in [0.1, 0.15) is 44.5 Å². The minimum Gasteiger partial charge on any atom is -0.504 e. The molecule has 6 aromatic rings. The summed E-state index contributed by atoms with van der Waals surface area (Å²) >= 11 is 0. The van der Waals surface area contributed by atoms with E-state index in [-0.39, 0.29) is 11.5 Å². The number of ether oxygens (including phenoxy) is 2. The molecule has 0 heterocycles. The number of benzene rings is 6. The van der Waals surface area contributed by atoms with Crippen LogP contribution >= 0.6 is 0 Å². The molecule has 6 nitrogen and oxygen atoms in total. The van der Waals surface area contributed by atoms with Crippen LogP contribution in [0, 0.1) is 13.8 Å². The van der Waals surface area contributed by atoms with Crippen molar-refractivity contribution in [3.05, 3.63) is 178 Å². The van der Waals surface area contributed by atoms with Crippen molar-refractivity contribution in [3.63, 3.8) is 0 Å². The van der Waals surface area contributed by atoms with Crippen molar-refractivity contribution in [2.24, 2.45) is 9.98 Å². The maximum absolute atomic E-state index is 10.9. The molecule has 0 amide bonds. The van der Waals surface area contributed by atoms with Crippen LogP contribution in [0.3, 0.4) is 0 Å². The fraction of sp³-hybridized carbons (Fsp3) is 0.136. The van der Waals surface area contributed by atoms with Gasteiger partial charge in [-0.05, 0) is 82.6 Å². The normalized spacial score (nSPS) is 11.3. The number of phenolic OH excluding ortho intramolecular Hbond substituents is 2. The molecule has 0 aliphatic carbocycles. The summed E-state index contributed by atoms with van der Waals surface area (Å²) in [7, 11) is 0. The molecule has 0 fully saturated rings. The Labute approximate surface area is 293 Å². The fourth-order valence-corrected chi connectivity index (χ4v) is 5.91. The van der Waals surface area contributed by atoms with Gasteiger partial charge >= 0.3 is 0 Å². The van der Waals surface area contributed by atoms with Gasteiger partial charge in [0.05, 0.1) is 13.1 Å². The molecule has 0 bridgehead atoms. The van der Waals surface area contributed by atoms with E-state index in [9.17, 15) is 10.2 Å². The number of nitrogens with zero attached hydrogens (tertiary/aromatic N) is 2. The van der Waals surface area contributed by atoms with Crippen LogP contribution in [0.2, 0.25) is 0 Å². The van der Waals surface area contributed by atoms with Crippen LogP contribution in [0.4, 0.5) is 0 Å². The topological polar surface area (TPSA) is 83.6 Å². The van der Waals surface area contributed by atoms with E-state index >= 15 is 0 Å². The Morgan fingerprint density at radius 3 is 1.30 bits per heavy atom. The van der Waals surface area contributed by atoms with Crippen molar-refractivity contribution < 1.29 is 19.7 Å². The number of rotatable bonds is 13. The molecular formula is C44H40N2O4. The summed E-state index contributed by atoms with van der Waals surface area (Å²) < 4.78 is 11.8. The molecule has 2 N–H and O–H groups in total. The minimum absolute atomic E-state index is 0.0648. The highest BCUT2D eigenvalue weighted by Gasteiger charge is 2.15. The number of phenols is 2. The van der Waals surface area contributed by atoms with Gasteiger partial charge < -0.3 is 19.7 Å². The molecule has 0 aromatic heterocycles. The molecule has 0 spiro atoms. The van der Waals surface area contributed by atoms with E-state index in [1.54, 1.807) is 24.6 Å². The van der Waals surface area contributed by atoms with Crippen molar-refractivity contribution in [3.8, 4) is 34.1 Å². The summed E-state index contributed by atoms with van der Waals surface area (Å²) in [6.45, 7) is 5.79. The lowest BCUT2D eigenvalue weighted by atomic mass is 9.88. The summed E-state index contributed by atoms with van der Waals surface area (Å²) in [4.78, 5) is 9.53. The average molecular weight is 661 g/mol. The number of aryl methyl sites for hydroxylation is 2. The second-order valence-corrected chi connectivity index (χ2v) is 12.1. The van der Waals surface area contributed by atoms with Crippen LogP contribution in [0.25, 0.3) is 11.1 Å². The second kappa shape index (κ2) is 16.3. The van der Waals surface area contributed by atoms with E-state index in [1.807, 2.05) is 97.1 Å². The predicted molar refractivity (Wildman–Crippen MR) is 202 cm³/mol. The third kappa shape index (κ3) is 8.28. The standard InChI is InChI=1S/C44H40N2O4/c1-31-13-9-19-35(25-45-27-37-21-11-23-39(43(37)47)49-29-33-15-5-3-6-16-33)41(31)42-32(2)14-10-20-36(42)26-46-28-38-22-12-24-40(44(38)48)50-30-34-17-7-4-8-18-34/h3-24,27-28,47-48H,25-26,29-30H2,1-2H3. The van der Waals surface area contributed by atoms with Crippen molar-refractivity contribution in [1.82, 2.24) is 0 Å². The Balaban J connectivity index is 1.19. The molecule has 0 radical (unpaired) electrons. The molecule has 0 aliphatic rings. The molecule has 0 saturated carbocycles. The quantitative estimate of drug-likeness (QED) is 0.121. The summed E-state index contributed by atoms with van der Waals surface area (Å²) in [6.07, 6.45) is 3.40. The molecule has 250 valence electrons. The molecule has 0 saturated heterocycles. The molecule has 6 heteroatoms. The molecule has 0 atom stereocenters. The van der Waals surface area contributed by atoms with Crippen LogP contribution in [-0.2, 0) is 26.3 Å². The minimum atomic E-state index is 0.0648. The Kier molecular flexibility index (Phi) is 11.0. The third-order valence-electron chi connectivity index (χ3n) is 8.49. The van der Waals surface area contributed by atoms with Crippen molar-refractivity contribution in [2.45, 2.75) is 40.2 Å². The highest BCUT2D eigenvalue weighted by atomic mass is 16.5. The van der Waals surface area contributed by atoms with Crippen LogP contribution < -0.4 is 9.47 Å². The van der Waals surface area contributed by atoms with Gasteiger partial charge in [0.1, 0.15) is 13.2 Å². The molecule has 6 aromatic carbocycles. The van der Waals surface area contributed by atoms with Crippen LogP contribution in [-0.4, -0.2) is 22.6 Å². The molecule has 6 rings (SSSR count). The molecule has 0 unspecified atom stereocenters. The maximum Gasteiger partial charge on any atom is 0.166 e. The van der Waals surface area contributed by atoms with E-state index in [1.165, 1.54) is 0 Å². The first-order valence-electron chi connectivity index (χ1n) is 16.6. The van der Waals surface area contributed by atoms with Crippen LogP contribution in [0.5, 0.6) is 23.0 Å². The average Bonchev–Trinajstić information content (AvgIpc) is 3.13. The van der Waals surface area contributed by atoms with Gasteiger partial charge in [0.15, 0.2) is 23.0 Å². The Morgan fingerprint density at radius 2 is 0.880 bits per heavy atom. The SMILES string of the molecule is Cc1cccc(CN=Cc2cccc(OCc3ccccc3)c2O)c1-c1c(C)cccc1CN=Cc1cccc(OCc2ccccc2)c1O. The summed E-state index contributed by atoms with van der Waals surface area (Å²) in [5.74, 6) is 0.961. The van der Waals surface area contributed by atoms with Gasteiger partial charge in [0, 0.05) is 23.6 Å². The van der Waals surface area contributed by atoms with Crippen molar-refractivity contribution in [1.29, 1.82) is 0 Å². The maximum atomic E-state index is 10.9. The zero-order valence-corrected chi connectivity index (χ0v) is 28.3. The molecule has 50 heavy (non-hydrogen) atoms. The predicted octanol–water partition coefficient (Wildman–Crippen LogP) is 9.78. The van der Waals surface area contributed by atoms with Crippen molar-refractivity contribution >= 4 is 12.4 Å². The number of hydrogen-bond donors (Lipinski definition) is 2. The highest BCUT2D eigenvalue weighted by molar-refractivity contribution is 5.86. The summed E-state index contributed by atoms with van der Waals surface area (Å²) in [5.41, 5.74) is 9.88. The lowest BCUT2D eigenvalue weighted by Gasteiger charge is -2.17. The summed E-state index contributed by atoms with van der Waals surface area (Å²) in [5, 5.41) is 21.9. The number of aliphatic imine (C=N–C) groups is 2. The smallest absolute Gasteiger partial charge is 0.166 e. The van der Waals surface area contributed by atoms with E-state index in [0.717, 1.165) is 44.5 Å². The monoisotopic (exact) mass is 660 g/mol. The number of para-hydroxylation sites is 2. The fourth-order valence-electron chi connectivity index (χ4n) is 5.91. The molecular weight excluding hydrogens is 620 g/mol. The van der Waals surface area contributed by atoms with E-state index in [0.29, 0.717) is 48.9 Å². The van der Waals surface area contributed by atoms with Gasteiger partial charge in [0.2, 0.25) is 0 Å². The molecule has 0 aliphatic heterocycles. The first-order chi connectivity index (χ1) is 24.5.